The molecule has 1 rings (SSSR count). The van der Waals surface area contributed by atoms with Gasteiger partial charge >= 0.3 is 6.09 Å². The first-order chi connectivity index (χ1) is 12.6. The molecule has 27 heavy (non-hydrogen) atoms. The third-order valence-electron chi connectivity index (χ3n) is 4.68. The van der Waals surface area contributed by atoms with E-state index in [4.69, 9.17) is 9.47 Å². The summed E-state index contributed by atoms with van der Waals surface area (Å²) >= 11 is 0. The summed E-state index contributed by atoms with van der Waals surface area (Å²) in [5, 5.41) is 0. The first-order valence-corrected chi connectivity index (χ1v) is 10.9. The van der Waals surface area contributed by atoms with Gasteiger partial charge in [0.25, 0.3) is 0 Å². The van der Waals surface area contributed by atoms with Gasteiger partial charge in [-0.3, -0.25) is 0 Å². The number of unbranched alkanes of at least 4 members (excludes halogenated alkanes) is 6. The molecule has 0 radical (unpaired) electrons. The lowest BCUT2D eigenvalue weighted by Crippen LogP contribution is -2.39. The molecule has 0 aliphatic carbocycles. The number of ether oxygens (including phenoxy) is 2. The molecule has 0 aromatic heterocycles. The van der Waals surface area contributed by atoms with Crippen LogP contribution >= 0.6 is 0 Å². The Hall–Kier alpha value is -1.19. The second-order valence-electron chi connectivity index (χ2n) is 9.98. The van der Waals surface area contributed by atoms with Crippen LogP contribution in [0.5, 0.6) is 0 Å². The van der Waals surface area contributed by atoms with Gasteiger partial charge < -0.3 is 14.4 Å². The molecular weight excluding hydrogens is 338 g/mol. The fourth-order valence-corrected chi connectivity index (χ4v) is 3.12. The zero-order valence-corrected chi connectivity index (χ0v) is 18.7. The Bertz CT molecular complexity index is 457. The highest BCUT2D eigenvalue weighted by atomic mass is 16.6. The standard InChI is InChI=1S/C23H43NO3/c1-22(2,3)16-12-10-8-7-9-11-13-19-26-20-14-17-24(18-15-20)21(25)27-23(4,5)6/h14H,7-13,15-19H2,1-6H3. The highest BCUT2D eigenvalue weighted by Gasteiger charge is 2.23. The molecule has 1 aliphatic heterocycles. The molecule has 0 spiro atoms. The quantitative estimate of drug-likeness (QED) is 0.395. The number of hydrogen-bond donors (Lipinski definition) is 0. The van der Waals surface area contributed by atoms with Crippen molar-refractivity contribution >= 4 is 6.09 Å². The molecule has 4 heteroatoms. The minimum Gasteiger partial charge on any atom is -0.498 e. The first kappa shape index (κ1) is 23.8. The summed E-state index contributed by atoms with van der Waals surface area (Å²) in [7, 11) is 0. The third kappa shape index (κ3) is 12.8. The molecule has 0 fully saturated rings. The van der Waals surface area contributed by atoms with Crippen molar-refractivity contribution in [3.63, 3.8) is 0 Å². The Kier molecular flexibility index (Phi) is 10.3. The lowest BCUT2D eigenvalue weighted by Gasteiger charge is -2.29. The van der Waals surface area contributed by atoms with Gasteiger partial charge in [0.05, 0.1) is 12.4 Å². The van der Waals surface area contributed by atoms with E-state index in [1.807, 2.05) is 26.8 Å². The normalized spacial score (nSPS) is 15.5. The Balaban J connectivity index is 2.01. The number of nitrogens with zero attached hydrogens (tertiary/aromatic N) is 1. The maximum atomic E-state index is 12.0. The molecule has 0 aromatic carbocycles. The summed E-state index contributed by atoms with van der Waals surface area (Å²) in [6.07, 6.45) is 13.0. The van der Waals surface area contributed by atoms with E-state index >= 15 is 0 Å². The minimum absolute atomic E-state index is 0.236. The van der Waals surface area contributed by atoms with Crippen molar-refractivity contribution in [3.05, 3.63) is 11.8 Å². The van der Waals surface area contributed by atoms with Crippen molar-refractivity contribution in [1.29, 1.82) is 0 Å². The molecule has 1 amide bonds. The van der Waals surface area contributed by atoms with E-state index in [0.29, 0.717) is 18.5 Å². The van der Waals surface area contributed by atoms with Crippen molar-refractivity contribution in [2.24, 2.45) is 5.41 Å². The fourth-order valence-electron chi connectivity index (χ4n) is 3.12. The Morgan fingerprint density at radius 2 is 1.56 bits per heavy atom. The van der Waals surface area contributed by atoms with Crippen LogP contribution < -0.4 is 0 Å². The summed E-state index contributed by atoms with van der Waals surface area (Å²) in [4.78, 5) is 13.8. The summed E-state index contributed by atoms with van der Waals surface area (Å²) < 4.78 is 11.3. The molecule has 0 saturated carbocycles. The van der Waals surface area contributed by atoms with E-state index in [-0.39, 0.29) is 6.09 Å². The molecule has 4 nitrogen and oxygen atoms in total. The molecule has 1 heterocycles. The van der Waals surface area contributed by atoms with Crippen molar-refractivity contribution in [1.82, 2.24) is 4.90 Å². The molecule has 0 N–H and O–H groups in total. The molecule has 0 bridgehead atoms. The van der Waals surface area contributed by atoms with E-state index in [0.717, 1.165) is 25.2 Å². The summed E-state index contributed by atoms with van der Waals surface area (Å²) in [5.74, 6) is 1.02. The summed E-state index contributed by atoms with van der Waals surface area (Å²) in [6, 6.07) is 0. The van der Waals surface area contributed by atoms with Gasteiger partial charge in [-0.05, 0) is 45.1 Å². The lowest BCUT2D eigenvalue weighted by atomic mass is 9.89. The maximum Gasteiger partial charge on any atom is 0.410 e. The molecule has 0 aromatic rings. The zero-order chi connectivity index (χ0) is 20.3. The smallest absolute Gasteiger partial charge is 0.410 e. The van der Waals surface area contributed by atoms with Gasteiger partial charge in [0.2, 0.25) is 0 Å². The van der Waals surface area contributed by atoms with E-state index in [1.165, 1.54) is 44.9 Å². The van der Waals surface area contributed by atoms with Crippen molar-refractivity contribution < 1.29 is 14.3 Å². The summed E-state index contributed by atoms with van der Waals surface area (Å²) in [5.41, 5.74) is 0.0409. The fraction of sp³-hybridized carbons (Fsp3) is 0.870. The topological polar surface area (TPSA) is 38.8 Å². The van der Waals surface area contributed by atoms with Gasteiger partial charge in [0.15, 0.2) is 0 Å². The largest absolute Gasteiger partial charge is 0.498 e. The lowest BCUT2D eigenvalue weighted by molar-refractivity contribution is 0.0249. The highest BCUT2D eigenvalue weighted by Crippen LogP contribution is 2.22. The van der Waals surface area contributed by atoms with Crippen LogP contribution in [0.15, 0.2) is 11.8 Å². The first-order valence-electron chi connectivity index (χ1n) is 10.9. The average molecular weight is 382 g/mol. The Morgan fingerprint density at radius 1 is 0.963 bits per heavy atom. The van der Waals surface area contributed by atoms with Crippen molar-refractivity contribution in [2.75, 3.05) is 19.7 Å². The van der Waals surface area contributed by atoms with Crippen LogP contribution in [-0.4, -0.2) is 36.3 Å². The SMILES string of the molecule is CC(C)(C)CCCCCCCCCOC1=CCN(C(=O)OC(C)(C)C)CC1. The molecular formula is C23H43NO3. The van der Waals surface area contributed by atoms with E-state index in [2.05, 4.69) is 20.8 Å². The van der Waals surface area contributed by atoms with E-state index in [1.54, 1.807) is 4.90 Å². The van der Waals surface area contributed by atoms with Gasteiger partial charge in [0.1, 0.15) is 5.60 Å². The van der Waals surface area contributed by atoms with Crippen LogP contribution in [0.4, 0.5) is 4.79 Å². The monoisotopic (exact) mass is 381 g/mol. The number of rotatable bonds is 10. The number of hydrogen-bond acceptors (Lipinski definition) is 3. The van der Waals surface area contributed by atoms with Crippen LogP contribution in [0.1, 0.15) is 99.3 Å². The van der Waals surface area contributed by atoms with Crippen molar-refractivity contribution in [2.45, 2.75) is 105 Å². The van der Waals surface area contributed by atoms with Crippen LogP contribution in [0.3, 0.4) is 0 Å². The zero-order valence-electron chi connectivity index (χ0n) is 18.7. The Morgan fingerprint density at radius 3 is 2.07 bits per heavy atom. The van der Waals surface area contributed by atoms with Crippen LogP contribution in [-0.2, 0) is 9.47 Å². The van der Waals surface area contributed by atoms with E-state index < -0.39 is 5.60 Å². The molecule has 0 atom stereocenters. The van der Waals surface area contributed by atoms with Crippen LogP contribution in [0, 0.1) is 5.41 Å². The second-order valence-corrected chi connectivity index (χ2v) is 9.98. The minimum atomic E-state index is -0.440. The van der Waals surface area contributed by atoms with Crippen LogP contribution in [0.2, 0.25) is 0 Å². The van der Waals surface area contributed by atoms with Gasteiger partial charge in [-0.25, -0.2) is 4.79 Å². The molecule has 158 valence electrons. The molecule has 0 saturated heterocycles. The van der Waals surface area contributed by atoms with Crippen molar-refractivity contribution in [3.8, 4) is 0 Å². The number of carbonyl (C=O) groups is 1. The van der Waals surface area contributed by atoms with E-state index in [9.17, 15) is 4.79 Å². The third-order valence-corrected chi connectivity index (χ3v) is 4.68. The molecule has 1 aliphatic rings. The second kappa shape index (κ2) is 11.6. The molecule has 0 unspecified atom stereocenters. The maximum absolute atomic E-state index is 12.0. The van der Waals surface area contributed by atoms with Gasteiger partial charge in [-0.2, -0.15) is 0 Å². The number of carbonyl (C=O) groups excluding carboxylic acids is 1. The van der Waals surface area contributed by atoms with Gasteiger partial charge in [0, 0.05) is 19.5 Å². The predicted molar refractivity (Wildman–Crippen MR) is 113 cm³/mol. The highest BCUT2D eigenvalue weighted by molar-refractivity contribution is 5.68. The average Bonchev–Trinajstić information content (AvgIpc) is 2.54. The Labute approximate surface area is 167 Å². The number of amides is 1. The van der Waals surface area contributed by atoms with Gasteiger partial charge in [-0.1, -0.05) is 59.3 Å². The van der Waals surface area contributed by atoms with Gasteiger partial charge in [-0.15, -0.1) is 0 Å². The predicted octanol–water partition coefficient (Wildman–Crippen LogP) is 6.69. The summed E-state index contributed by atoms with van der Waals surface area (Å²) in [6.45, 7) is 14.7. The van der Waals surface area contributed by atoms with Crippen LogP contribution in [0.25, 0.3) is 0 Å².